The number of nitrogens with zero attached hydrogens (tertiary/aromatic N) is 1. The van der Waals surface area contributed by atoms with Crippen LogP contribution in [0.2, 0.25) is 0 Å². The first-order valence-corrected chi connectivity index (χ1v) is 5.98. The third-order valence-corrected chi connectivity index (χ3v) is 2.97. The minimum Gasteiger partial charge on any atom is -0.480 e. The molecule has 0 amide bonds. The maximum Gasteiger partial charge on any atom is 0.317 e. The molecular weight excluding hydrogens is 230 g/mol. The van der Waals surface area contributed by atoms with E-state index in [9.17, 15) is 4.79 Å². The SMILES string of the molecule is CC(C)N(CC(=O)O)Cc1ccc2occc2c1. The zero-order valence-corrected chi connectivity index (χ0v) is 10.6. The van der Waals surface area contributed by atoms with E-state index in [0.29, 0.717) is 6.54 Å². The van der Waals surface area contributed by atoms with E-state index in [-0.39, 0.29) is 12.6 Å². The number of aliphatic carboxylic acids is 1. The van der Waals surface area contributed by atoms with Crippen molar-refractivity contribution in [2.75, 3.05) is 6.54 Å². The molecule has 0 saturated heterocycles. The highest BCUT2D eigenvalue weighted by molar-refractivity contribution is 5.77. The van der Waals surface area contributed by atoms with Gasteiger partial charge in [0.05, 0.1) is 12.8 Å². The normalized spacial score (nSPS) is 11.6. The molecule has 0 aliphatic carbocycles. The Balaban J connectivity index is 2.16. The summed E-state index contributed by atoms with van der Waals surface area (Å²) in [5, 5.41) is 9.94. The fraction of sp³-hybridized carbons (Fsp3) is 0.357. The van der Waals surface area contributed by atoms with Gasteiger partial charge in [-0.25, -0.2) is 0 Å². The van der Waals surface area contributed by atoms with E-state index in [0.717, 1.165) is 16.5 Å². The van der Waals surface area contributed by atoms with Crippen LogP contribution in [0.4, 0.5) is 0 Å². The van der Waals surface area contributed by atoms with Gasteiger partial charge in [0.2, 0.25) is 0 Å². The third-order valence-electron chi connectivity index (χ3n) is 2.97. The first kappa shape index (κ1) is 12.6. The van der Waals surface area contributed by atoms with Gasteiger partial charge in [0.1, 0.15) is 5.58 Å². The highest BCUT2D eigenvalue weighted by Gasteiger charge is 2.14. The van der Waals surface area contributed by atoms with Crippen molar-refractivity contribution in [2.45, 2.75) is 26.4 Å². The second-order valence-corrected chi connectivity index (χ2v) is 4.69. The fourth-order valence-electron chi connectivity index (χ4n) is 1.94. The van der Waals surface area contributed by atoms with Gasteiger partial charge in [-0.05, 0) is 37.6 Å². The van der Waals surface area contributed by atoms with Gasteiger partial charge in [0, 0.05) is 18.0 Å². The van der Waals surface area contributed by atoms with E-state index < -0.39 is 5.97 Å². The molecule has 4 nitrogen and oxygen atoms in total. The number of furan rings is 1. The average molecular weight is 247 g/mol. The lowest BCUT2D eigenvalue weighted by molar-refractivity contribution is -0.138. The first-order chi connectivity index (χ1) is 8.56. The summed E-state index contributed by atoms with van der Waals surface area (Å²) in [4.78, 5) is 12.7. The van der Waals surface area contributed by atoms with Crippen LogP contribution in [0, 0.1) is 0 Å². The zero-order valence-electron chi connectivity index (χ0n) is 10.6. The topological polar surface area (TPSA) is 53.7 Å². The van der Waals surface area contributed by atoms with Gasteiger partial charge in [-0.15, -0.1) is 0 Å². The van der Waals surface area contributed by atoms with Gasteiger partial charge < -0.3 is 9.52 Å². The molecule has 4 heteroatoms. The Morgan fingerprint density at radius 1 is 1.39 bits per heavy atom. The average Bonchev–Trinajstić information content (AvgIpc) is 2.74. The van der Waals surface area contributed by atoms with Crippen LogP contribution in [0.25, 0.3) is 11.0 Å². The van der Waals surface area contributed by atoms with Crippen molar-refractivity contribution in [3.05, 3.63) is 36.1 Å². The molecule has 1 aromatic carbocycles. The molecule has 0 saturated carbocycles. The van der Waals surface area contributed by atoms with Gasteiger partial charge in [0.25, 0.3) is 0 Å². The molecule has 0 unspecified atom stereocenters. The van der Waals surface area contributed by atoms with Crippen LogP contribution in [-0.2, 0) is 11.3 Å². The van der Waals surface area contributed by atoms with Crippen LogP contribution in [0.3, 0.4) is 0 Å². The Kier molecular flexibility index (Phi) is 3.67. The lowest BCUT2D eigenvalue weighted by Crippen LogP contribution is -2.35. The molecular formula is C14H17NO3. The maximum absolute atomic E-state index is 10.8. The summed E-state index contributed by atoms with van der Waals surface area (Å²) in [5.41, 5.74) is 1.95. The third kappa shape index (κ3) is 2.90. The molecule has 96 valence electrons. The Bertz CT molecular complexity index is 545. The lowest BCUT2D eigenvalue weighted by Gasteiger charge is -2.24. The highest BCUT2D eigenvalue weighted by atomic mass is 16.4. The Morgan fingerprint density at radius 3 is 2.83 bits per heavy atom. The van der Waals surface area contributed by atoms with Crippen molar-refractivity contribution >= 4 is 16.9 Å². The number of hydrogen-bond acceptors (Lipinski definition) is 3. The van der Waals surface area contributed by atoms with Crippen molar-refractivity contribution in [3.63, 3.8) is 0 Å². The van der Waals surface area contributed by atoms with Gasteiger partial charge in [-0.1, -0.05) is 6.07 Å². The molecule has 0 fully saturated rings. The molecule has 18 heavy (non-hydrogen) atoms. The van der Waals surface area contributed by atoms with E-state index in [4.69, 9.17) is 9.52 Å². The molecule has 0 radical (unpaired) electrons. The number of carboxylic acids is 1. The summed E-state index contributed by atoms with van der Waals surface area (Å²) >= 11 is 0. The van der Waals surface area contributed by atoms with E-state index in [1.54, 1.807) is 6.26 Å². The molecule has 0 aliphatic rings. The maximum atomic E-state index is 10.8. The number of rotatable bonds is 5. The monoisotopic (exact) mass is 247 g/mol. The van der Waals surface area contributed by atoms with Crippen molar-refractivity contribution in [2.24, 2.45) is 0 Å². The summed E-state index contributed by atoms with van der Waals surface area (Å²) < 4.78 is 5.28. The zero-order chi connectivity index (χ0) is 13.1. The van der Waals surface area contributed by atoms with Gasteiger partial charge in [-0.3, -0.25) is 9.69 Å². The van der Waals surface area contributed by atoms with E-state index in [1.165, 1.54) is 0 Å². The molecule has 2 rings (SSSR count). The first-order valence-electron chi connectivity index (χ1n) is 5.98. The van der Waals surface area contributed by atoms with Crippen LogP contribution in [-0.4, -0.2) is 28.6 Å². The van der Waals surface area contributed by atoms with Crippen LogP contribution < -0.4 is 0 Å². The molecule has 0 bridgehead atoms. The number of carboxylic acid groups (broad SMARTS) is 1. The second kappa shape index (κ2) is 5.23. The summed E-state index contributed by atoms with van der Waals surface area (Å²) in [7, 11) is 0. The van der Waals surface area contributed by atoms with Crippen molar-refractivity contribution in [1.82, 2.24) is 4.90 Å². The van der Waals surface area contributed by atoms with E-state index in [1.807, 2.05) is 43.0 Å². The van der Waals surface area contributed by atoms with Crippen LogP contribution in [0.15, 0.2) is 34.9 Å². The summed E-state index contributed by atoms with van der Waals surface area (Å²) in [5.74, 6) is -0.798. The van der Waals surface area contributed by atoms with E-state index >= 15 is 0 Å². The summed E-state index contributed by atoms with van der Waals surface area (Å²) in [6, 6.07) is 8.04. The van der Waals surface area contributed by atoms with Crippen molar-refractivity contribution < 1.29 is 14.3 Å². The number of carbonyl (C=O) groups is 1. The minimum absolute atomic E-state index is 0.0566. The standard InChI is InChI=1S/C14H17NO3/c1-10(2)15(9-14(16)17)8-11-3-4-13-12(7-11)5-6-18-13/h3-7,10H,8-9H2,1-2H3,(H,16,17). The Morgan fingerprint density at radius 2 is 2.17 bits per heavy atom. The Hall–Kier alpha value is -1.81. The quantitative estimate of drug-likeness (QED) is 0.882. The van der Waals surface area contributed by atoms with Gasteiger partial charge in [0.15, 0.2) is 0 Å². The molecule has 1 heterocycles. The highest BCUT2D eigenvalue weighted by Crippen LogP contribution is 2.18. The lowest BCUT2D eigenvalue weighted by atomic mass is 10.1. The number of benzene rings is 1. The second-order valence-electron chi connectivity index (χ2n) is 4.69. The summed E-state index contributed by atoms with van der Waals surface area (Å²) in [6.45, 7) is 4.69. The van der Waals surface area contributed by atoms with Crippen LogP contribution >= 0.6 is 0 Å². The predicted molar refractivity (Wildman–Crippen MR) is 69.4 cm³/mol. The van der Waals surface area contributed by atoms with E-state index in [2.05, 4.69) is 0 Å². The van der Waals surface area contributed by atoms with Gasteiger partial charge in [-0.2, -0.15) is 0 Å². The molecule has 1 N–H and O–H groups in total. The molecule has 0 spiro atoms. The molecule has 2 aromatic rings. The van der Waals surface area contributed by atoms with Crippen LogP contribution in [0.5, 0.6) is 0 Å². The molecule has 0 atom stereocenters. The number of hydrogen-bond donors (Lipinski definition) is 1. The molecule has 0 aliphatic heterocycles. The van der Waals surface area contributed by atoms with Crippen molar-refractivity contribution in [3.8, 4) is 0 Å². The largest absolute Gasteiger partial charge is 0.480 e. The Labute approximate surface area is 106 Å². The molecule has 1 aromatic heterocycles. The summed E-state index contributed by atoms with van der Waals surface area (Å²) in [6.07, 6.45) is 1.66. The van der Waals surface area contributed by atoms with Crippen molar-refractivity contribution in [1.29, 1.82) is 0 Å². The van der Waals surface area contributed by atoms with Crippen LogP contribution in [0.1, 0.15) is 19.4 Å². The minimum atomic E-state index is -0.798. The van der Waals surface area contributed by atoms with Gasteiger partial charge >= 0.3 is 5.97 Å². The fourth-order valence-corrected chi connectivity index (χ4v) is 1.94. The number of fused-ring (bicyclic) bond motifs is 1. The predicted octanol–water partition coefficient (Wildman–Crippen LogP) is 2.73. The smallest absolute Gasteiger partial charge is 0.317 e.